The molecule has 0 aliphatic carbocycles. The SMILES string of the molecule is COc1ccc(NC(=O)C2CCCN(c3ccc(-c4ccccc4OC)nn3)C2)c(OC)c1. The first-order valence-electron chi connectivity index (χ1n) is 10.9. The van der Waals surface area contributed by atoms with Crippen LogP contribution < -0.4 is 24.4 Å². The van der Waals surface area contributed by atoms with Crippen molar-refractivity contribution in [2.24, 2.45) is 5.92 Å². The molecule has 0 bridgehead atoms. The van der Waals surface area contributed by atoms with E-state index in [0.29, 0.717) is 23.7 Å². The van der Waals surface area contributed by atoms with Crippen molar-refractivity contribution in [2.75, 3.05) is 44.6 Å². The molecule has 2 heterocycles. The normalized spacial score (nSPS) is 15.6. The van der Waals surface area contributed by atoms with Gasteiger partial charge in [-0.15, -0.1) is 10.2 Å². The molecule has 33 heavy (non-hydrogen) atoms. The lowest BCUT2D eigenvalue weighted by atomic mass is 9.97. The van der Waals surface area contributed by atoms with Crippen LogP contribution in [-0.2, 0) is 4.79 Å². The smallest absolute Gasteiger partial charge is 0.229 e. The molecule has 1 aromatic heterocycles. The van der Waals surface area contributed by atoms with Gasteiger partial charge < -0.3 is 24.4 Å². The van der Waals surface area contributed by atoms with Gasteiger partial charge in [0.25, 0.3) is 0 Å². The minimum Gasteiger partial charge on any atom is -0.497 e. The summed E-state index contributed by atoms with van der Waals surface area (Å²) in [6, 6.07) is 16.9. The third-order valence-corrected chi connectivity index (χ3v) is 5.82. The van der Waals surface area contributed by atoms with Gasteiger partial charge in [-0.2, -0.15) is 0 Å². The molecular weight excluding hydrogens is 420 g/mol. The van der Waals surface area contributed by atoms with E-state index in [2.05, 4.69) is 20.4 Å². The van der Waals surface area contributed by atoms with Crippen molar-refractivity contribution < 1.29 is 19.0 Å². The zero-order valence-electron chi connectivity index (χ0n) is 19.1. The number of piperidine rings is 1. The topological polar surface area (TPSA) is 85.8 Å². The number of nitrogens with zero attached hydrogens (tertiary/aromatic N) is 3. The Morgan fingerprint density at radius 1 is 0.970 bits per heavy atom. The molecule has 1 N–H and O–H groups in total. The van der Waals surface area contributed by atoms with Crippen molar-refractivity contribution in [1.29, 1.82) is 0 Å². The third-order valence-electron chi connectivity index (χ3n) is 5.82. The van der Waals surface area contributed by atoms with Crippen LogP contribution in [0.25, 0.3) is 11.3 Å². The minimum atomic E-state index is -0.166. The van der Waals surface area contributed by atoms with Crippen LogP contribution in [0.2, 0.25) is 0 Å². The maximum absolute atomic E-state index is 13.0. The number of hydrogen-bond donors (Lipinski definition) is 1. The van der Waals surface area contributed by atoms with E-state index in [1.165, 1.54) is 0 Å². The number of nitrogens with one attached hydrogen (secondary N) is 1. The monoisotopic (exact) mass is 448 g/mol. The summed E-state index contributed by atoms with van der Waals surface area (Å²) in [5, 5.41) is 11.8. The summed E-state index contributed by atoms with van der Waals surface area (Å²) in [5.41, 5.74) is 2.26. The summed E-state index contributed by atoms with van der Waals surface area (Å²) in [5.74, 6) is 2.54. The summed E-state index contributed by atoms with van der Waals surface area (Å²) in [6.07, 6.45) is 1.71. The highest BCUT2D eigenvalue weighted by atomic mass is 16.5. The number of hydrogen-bond acceptors (Lipinski definition) is 7. The van der Waals surface area contributed by atoms with Crippen molar-refractivity contribution >= 4 is 17.4 Å². The number of amides is 1. The highest BCUT2D eigenvalue weighted by Gasteiger charge is 2.27. The Balaban J connectivity index is 1.45. The fourth-order valence-corrected chi connectivity index (χ4v) is 4.03. The van der Waals surface area contributed by atoms with Crippen molar-refractivity contribution in [3.05, 3.63) is 54.6 Å². The third kappa shape index (κ3) is 5.00. The first kappa shape index (κ1) is 22.4. The highest BCUT2D eigenvalue weighted by Crippen LogP contribution is 2.31. The Morgan fingerprint density at radius 3 is 2.52 bits per heavy atom. The molecule has 0 radical (unpaired) electrons. The molecule has 8 heteroatoms. The predicted molar refractivity (Wildman–Crippen MR) is 127 cm³/mol. The van der Waals surface area contributed by atoms with Crippen LogP contribution in [0.1, 0.15) is 12.8 Å². The van der Waals surface area contributed by atoms with Crippen molar-refractivity contribution in [1.82, 2.24) is 10.2 Å². The zero-order chi connectivity index (χ0) is 23.2. The van der Waals surface area contributed by atoms with Gasteiger partial charge in [0.05, 0.1) is 38.6 Å². The second kappa shape index (κ2) is 10.2. The van der Waals surface area contributed by atoms with Gasteiger partial charge in [-0.1, -0.05) is 12.1 Å². The molecule has 1 aliphatic heterocycles. The fraction of sp³-hybridized carbons (Fsp3) is 0.320. The number of ether oxygens (including phenoxy) is 3. The van der Waals surface area contributed by atoms with Gasteiger partial charge in [0, 0.05) is 24.7 Å². The maximum Gasteiger partial charge on any atom is 0.229 e. The number of rotatable bonds is 7. The first-order valence-corrected chi connectivity index (χ1v) is 10.9. The lowest BCUT2D eigenvalue weighted by Gasteiger charge is -2.32. The van der Waals surface area contributed by atoms with E-state index in [0.717, 1.165) is 42.2 Å². The Bertz CT molecular complexity index is 1100. The van der Waals surface area contributed by atoms with Crippen LogP contribution in [0, 0.1) is 5.92 Å². The van der Waals surface area contributed by atoms with Gasteiger partial charge in [-0.3, -0.25) is 4.79 Å². The average Bonchev–Trinajstić information content (AvgIpc) is 2.89. The van der Waals surface area contributed by atoms with E-state index in [4.69, 9.17) is 14.2 Å². The lowest BCUT2D eigenvalue weighted by Crippen LogP contribution is -2.41. The summed E-state index contributed by atoms with van der Waals surface area (Å²) in [4.78, 5) is 15.1. The molecule has 172 valence electrons. The van der Waals surface area contributed by atoms with Crippen molar-refractivity contribution in [2.45, 2.75) is 12.8 Å². The molecule has 0 spiro atoms. The number of carbonyl (C=O) groups excluding carboxylic acids is 1. The van der Waals surface area contributed by atoms with Crippen molar-refractivity contribution in [3.8, 4) is 28.5 Å². The Labute approximate surface area is 193 Å². The maximum atomic E-state index is 13.0. The van der Waals surface area contributed by atoms with Crippen molar-refractivity contribution in [3.63, 3.8) is 0 Å². The largest absolute Gasteiger partial charge is 0.497 e. The minimum absolute atomic E-state index is 0.0400. The molecular formula is C25H28N4O4. The van der Waals surface area contributed by atoms with E-state index in [9.17, 15) is 4.79 Å². The number of carbonyl (C=O) groups is 1. The van der Waals surface area contributed by atoms with Gasteiger partial charge in [-0.05, 0) is 49.2 Å². The Morgan fingerprint density at radius 2 is 1.79 bits per heavy atom. The molecule has 2 aromatic carbocycles. The Hall–Kier alpha value is -3.81. The number of aromatic nitrogens is 2. The lowest BCUT2D eigenvalue weighted by molar-refractivity contribution is -0.120. The number of benzene rings is 2. The summed E-state index contributed by atoms with van der Waals surface area (Å²) in [7, 11) is 4.80. The molecule has 8 nitrogen and oxygen atoms in total. The van der Waals surface area contributed by atoms with E-state index in [1.807, 2.05) is 36.4 Å². The molecule has 1 atom stereocenters. The van der Waals surface area contributed by atoms with E-state index >= 15 is 0 Å². The quantitative estimate of drug-likeness (QED) is 0.584. The van der Waals surface area contributed by atoms with Gasteiger partial charge in [0.1, 0.15) is 17.2 Å². The number of anilines is 2. The molecule has 0 saturated carbocycles. The van der Waals surface area contributed by atoms with Gasteiger partial charge in [0.2, 0.25) is 5.91 Å². The van der Waals surface area contributed by atoms with Crippen LogP contribution >= 0.6 is 0 Å². The van der Waals surface area contributed by atoms with Crippen LogP contribution in [0.3, 0.4) is 0 Å². The standard InChI is InChI=1S/C25H28N4O4/c1-31-18-10-11-21(23(15-18)33-3)26-25(30)17-7-6-14-29(16-17)24-13-12-20(27-28-24)19-8-4-5-9-22(19)32-2/h4-5,8-13,15,17H,6-7,14,16H2,1-3H3,(H,26,30). The predicted octanol–water partition coefficient (Wildman–Crippen LogP) is 4.02. The van der Waals surface area contributed by atoms with Crippen LogP contribution in [-0.4, -0.2) is 50.5 Å². The van der Waals surface area contributed by atoms with Crippen LogP contribution in [0.4, 0.5) is 11.5 Å². The molecule has 1 amide bonds. The second-order valence-electron chi connectivity index (χ2n) is 7.82. The van der Waals surface area contributed by atoms with E-state index < -0.39 is 0 Å². The molecule has 1 saturated heterocycles. The van der Waals surface area contributed by atoms with Gasteiger partial charge in [0.15, 0.2) is 5.82 Å². The van der Waals surface area contributed by atoms with Gasteiger partial charge in [-0.25, -0.2) is 0 Å². The highest BCUT2D eigenvalue weighted by molar-refractivity contribution is 5.94. The first-order chi connectivity index (χ1) is 16.1. The number of methoxy groups -OCH3 is 3. The van der Waals surface area contributed by atoms with Crippen LogP contribution in [0.15, 0.2) is 54.6 Å². The molecule has 1 fully saturated rings. The average molecular weight is 449 g/mol. The van der Waals surface area contributed by atoms with Crippen LogP contribution in [0.5, 0.6) is 17.2 Å². The van der Waals surface area contributed by atoms with E-state index in [-0.39, 0.29) is 11.8 Å². The molecule has 1 aliphatic rings. The molecule has 1 unspecified atom stereocenters. The summed E-state index contributed by atoms with van der Waals surface area (Å²) in [6.45, 7) is 1.41. The summed E-state index contributed by atoms with van der Waals surface area (Å²) >= 11 is 0. The van der Waals surface area contributed by atoms with E-state index in [1.54, 1.807) is 39.5 Å². The fourth-order valence-electron chi connectivity index (χ4n) is 4.03. The summed E-state index contributed by atoms with van der Waals surface area (Å²) < 4.78 is 16.1. The Kier molecular flexibility index (Phi) is 6.92. The molecule has 3 aromatic rings. The number of para-hydroxylation sites is 1. The zero-order valence-corrected chi connectivity index (χ0v) is 19.1. The molecule has 4 rings (SSSR count). The van der Waals surface area contributed by atoms with Gasteiger partial charge >= 0.3 is 0 Å². The second-order valence-corrected chi connectivity index (χ2v) is 7.82.